The van der Waals surface area contributed by atoms with Gasteiger partial charge in [-0.05, 0) is 19.3 Å². The lowest BCUT2D eigenvalue weighted by Gasteiger charge is -2.41. The minimum atomic E-state index is -0.519. The molecule has 138 valence electrons. The molecular weight excluding hydrogens is 324 g/mol. The highest BCUT2D eigenvalue weighted by atomic mass is 16.5. The first-order chi connectivity index (χ1) is 11.9. The summed E-state index contributed by atoms with van der Waals surface area (Å²) < 4.78 is 5.50. The zero-order valence-electron chi connectivity index (χ0n) is 15.1. The van der Waals surface area contributed by atoms with E-state index >= 15 is 0 Å². The van der Waals surface area contributed by atoms with Crippen LogP contribution in [0.15, 0.2) is 4.52 Å². The summed E-state index contributed by atoms with van der Waals surface area (Å²) >= 11 is 0. The number of carbonyl (C=O) groups is 2. The zero-order valence-corrected chi connectivity index (χ0v) is 15.1. The maximum absolute atomic E-state index is 12.5. The molecule has 2 saturated heterocycles. The second-order valence-corrected chi connectivity index (χ2v) is 7.45. The van der Waals surface area contributed by atoms with Crippen LogP contribution in [0.3, 0.4) is 0 Å². The lowest BCUT2D eigenvalue weighted by atomic mass is 9.73. The fourth-order valence-electron chi connectivity index (χ4n) is 4.06. The summed E-state index contributed by atoms with van der Waals surface area (Å²) in [5, 5.41) is 13.0. The van der Waals surface area contributed by atoms with Gasteiger partial charge in [-0.3, -0.25) is 9.59 Å². The fraction of sp³-hybridized carbons (Fsp3) is 0.765. The summed E-state index contributed by atoms with van der Waals surface area (Å²) in [6.07, 6.45) is 0.888. The van der Waals surface area contributed by atoms with Crippen LogP contribution in [0.1, 0.15) is 38.4 Å². The van der Waals surface area contributed by atoms with Crippen molar-refractivity contribution in [2.24, 2.45) is 11.8 Å². The van der Waals surface area contributed by atoms with Crippen molar-refractivity contribution in [3.05, 3.63) is 11.7 Å². The van der Waals surface area contributed by atoms with Crippen molar-refractivity contribution in [2.75, 3.05) is 32.8 Å². The minimum Gasteiger partial charge on any atom is -0.396 e. The Bertz CT molecular complexity index is 659. The Kier molecular flexibility index (Phi) is 4.81. The van der Waals surface area contributed by atoms with E-state index in [1.165, 1.54) is 0 Å². The Hall–Kier alpha value is -1.96. The van der Waals surface area contributed by atoms with Crippen LogP contribution in [0.2, 0.25) is 0 Å². The molecule has 0 aromatic carbocycles. The molecule has 1 N–H and O–H groups in total. The molecule has 8 nitrogen and oxygen atoms in total. The summed E-state index contributed by atoms with van der Waals surface area (Å²) in [5.41, 5.74) is -0.519. The summed E-state index contributed by atoms with van der Waals surface area (Å²) in [5.74, 6) is 1.21. The molecule has 25 heavy (non-hydrogen) atoms. The quantitative estimate of drug-likeness (QED) is 0.841. The average Bonchev–Trinajstić information content (AvgIpc) is 3.17. The number of aliphatic hydroxyl groups excluding tert-OH is 1. The van der Waals surface area contributed by atoms with E-state index in [-0.39, 0.29) is 36.7 Å². The van der Waals surface area contributed by atoms with Crippen molar-refractivity contribution < 1.29 is 19.2 Å². The largest absolute Gasteiger partial charge is 0.396 e. The number of fused-ring (bicyclic) bond motifs is 1. The van der Waals surface area contributed by atoms with E-state index < -0.39 is 5.41 Å². The molecule has 0 bridgehead atoms. The Morgan fingerprint density at radius 2 is 2.08 bits per heavy atom. The van der Waals surface area contributed by atoms with E-state index in [0.29, 0.717) is 37.9 Å². The number of hydrogen-bond acceptors (Lipinski definition) is 6. The Balaban J connectivity index is 1.92. The molecule has 1 aromatic heterocycles. The first kappa shape index (κ1) is 17.8. The van der Waals surface area contributed by atoms with Gasteiger partial charge in [0.1, 0.15) is 0 Å². The van der Waals surface area contributed by atoms with Crippen LogP contribution in [0.25, 0.3) is 0 Å². The van der Waals surface area contributed by atoms with Gasteiger partial charge >= 0.3 is 0 Å². The molecule has 2 atom stereocenters. The number of piperidine rings is 1. The number of aliphatic hydroxyl groups is 1. The summed E-state index contributed by atoms with van der Waals surface area (Å²) in [6.45, 7) is 7.60. The average molecular weight is 350 g/mol. The number of carbonyl (C=O) groups excluding carboxylic acids is 2. The van der Waals surface area contributed by atoms with Crippen molar-refractivity contribution in [2.45, 2.75) is 39.0 Å². The Morgan fingerprint density at radius 1 is 1.36 bits per heavy atom. The summed E-state index contributed by atoms with van der Waals surface area (Å²) in [4.78, 5) is 32.9. The van der Waals surface area contributed by atoms with Gasteiger partial charge in [-0.25, -0.2) is 0 Å². The third-order valence-electron chi connectivity index (χ3n) is 5.35. The van der Waals surface area contributed by atoms with E-state index in [1.807, 2.05) is 18.7 Å². The van der Waals surface area contributed by atoms with Crippen LogP contribution in [-0.2, 0) is 15.0 Å². The molecule has 3 heterocycles. The number of aryl methyl sites for hydroxylation is 1. The lowest BCUT2D eigenvalue weighted by Crippen LogP contribution is -2.54. The topological polar surface area (TPSA) is 99.8 Å². The van der Waals surface area contributed by atoms with Crippen LogP contribution in [0.5, 0.6) is 0 Å². The number of rotatable bonds is 4. The maximum Gasteiger partial charge on any atom is 0.236 e. The third-order valence-corrected chi connectivity index (χ3v) is 5.35. The molecule has 0 aliphatic carbocycles. The monoisotopic (exact) mass is 350 g/mol. The normalized spacial score (nSPS) is 26.2. The van der Waals surface area contributed by atoms with Gasteiger partial charge in [0.15, 0.2) is 5.82 Å². The predicted molar refractivity (Wildman–Crippen MR) is 88.5 cm³/mol. The molecule has 0 radical (unpaired) electrons. The molecule has 2 fully saturated rings. The second kappa shape index (κ2) is 6.74. The van der Waals surface area contributed by atoms with Gasteiger partial charge in [0.2, 0.25) is 17.7 Å². The first-order valence-corrected chi connectivity index (χ1v) is 8.85. The zero-order chi connectivity index (χ0) is 18.2. The number of aromatic nitrogens is 2. The van der Waals surface area contributed by atoms with E-state index in [9.17, 15) is 9.59 Å². The molecule has 1 aromatic rings. The van der Waals surface area contributed by atoms with Gasteiger partial charge in [0.05, 0.1) is 12.0 Å². The Labute approximate surface area is 147 Å². The van der Waals surface area contributed by atoms with Crippen molar-refractivity contribution in [1.82, 2.24) is 19.9 Å². The number of likely N-dealkylation sites (tertiary alicyclic amines) is 2. The molecule has 2 aliphatic heterocycles. The van der Waals surface area contributed by atoms with E-state index in [2.05, 4.69) is 10.1 Å². The first-order valence-electron chi connectivity index (χ1n) is 8.85. The minimum absolute atomic E-state index is 0.0752. The SMILES string of the molecule is Cc1noc([C@]23CN(C(=O)CCO)CC[C@H]2CN(C(=O)C(C)C)C3)n1. The summed E-state index contributed by atoms with van der Waals surface area (Å²) in [7, 11) is 0. The summed E-state index contributed by atoms with van der Waals surface area (Å²) in [6, 6.07) is 0. The molecule has 0 saturated carbocycles. The van der Waals surface area contributed by atoms with Gasteiger partial charge < -0.3 is 19.4 Å². The molecular formula is C17H26N4O4. The van der Waals surface area contributed by atoms with Gasteiger partial charge in [-0.15, -0.1) is 0 Å². The van der Waals surface area contributed by atoms with Gasteiger partial charge in [0, 0.05) is 38.5 Å². The van der Waals surface area contributed by atoms with Crippen LogP contribution < -0.4 is 0 Å². The number of nitrogens with zero attached hydrogens (tertiary/aromatic N) is 4. The van der Waals surface area contributed by atoms with Gasteiger partial charge in [-0.1, -0.05) is 19.0 Å². The molecule has 0 spiro atoms. The van der Waals surface area contributed by atoms with Crippen LogP contribution >= 0.6 is 0 Å². The molecule has 3 rings (SSSR count). The highest BCUT2D eigenvalue weighted by molar-refractivity contribution is 5.79. The smallest absolute Gasteiger partial charge is 0.236 e. The van der Waals surface area contributed by atoms with Gasteiger partial charge in [-0.2, -0.15) is 4.98 Å². The van der Waals surface area contributed by atoms with Crippen molar-refractivity contribution in [1.29, 1.82) is 0 Å². The van der Waals surface area contributed by atoms with E-state index in [0.717, 1.165) is 6.42 Å². The number of hydrogen-bond donors (Lipinski definition) is 1. The van der Waals surface area contributed by atoms with Crippen molar-refractivity contribution >= 4 is 11.8 Å². The fourth-order valence-corrected chi connectivity index (χ4v) is 4.06. The van der Waals surface area contributed by atoms with Crippen molar-refractivity contribution in [3.8, 4) is 0 Å². The highest BCUT2D eigenvalue weighted by Crippen LogP contribution is 2.44. The van der Waals surface area contributed by atoms with Crippen molar-refractivity contribution in [3.63, 3.8) is 0 Å². The van der Waals surface area contributed by atoms with Crippen LogP contribution in [-0.4, -0.2) is 69.6 Å². The van der Waals surface area contributed by atoms with E-state index in [4.69, 9.17) is 9.63 Å². The van der Waals surface area contributed by atoms with Crippen LogP contribution in [0.4, 0.5) is 0 Å². The maximum atomic E-state index is 12.5. The highest BCUT2D eigenvalue weighted by Gasteiger charge is 2.56. The standard InChI is InChI=1S/C17H26N4O4/c1-11(2)15(24)21-8-13-4-6-20(14(23)5-7-22)9-17(13,10-21)16-18-12(3)19-25-16/h11,13,22H,4-10H2,1-3H3/t13-,17-/m0/s1. The molecule has 2 amide bonds. The molecule has 2 aliphatic rings. The molecule has 8 heteroatoms. The second-order valence-electron chi connectivity index (χ2n) is 7.45. The lowest BCUT2D eigenvalue weighted by molar-refractivity contribution is -0.135. The van der Waals surface area contributed by atoms with E-state index in [1.54, 1.807) is 11.8 Å². The van der Waals surface area contributed by atoms with Gasteiger partial charge in [0.25, 0.3) is 0 Å². The Morgan fingerprint density at radius 3 is 2.68 bits per heavy atom. The predicted octanol–water partition coefficient (Wildman–Crippen LogP) is 0.345. The van der Waals surface area contributed by atoms with Crippen LogP contribution in [0, 0.1) is 18.8 Å². The molecule has 0 unspecified atom stereocenters. The number of amides is 2. The third kappa shape index (κ3) is 3.15.